The maximum Gasteiger partial charge on any atom is 0.314 e. The van der Waals surface area contributed by atoms with Crippen molar-refractivity contribution in [2.45, 2.75) is 26.3 Å². The number of likely N-dealkylation sites (tertiary alicyclic amines) is 1. The quantitative estimate of drug-likeness (QED) is 0.877. The van der Waals surface area contributed by atoms with Crippen LogP contribution in [0.1, 0.15) is 25.3 Å². The summed E-state index contributed by atoms with van der Waals surface area (Å²) in [5, 5.41) is 2.57. The van der Waals surface area contributed by atoms with Crippen molar-refractivity contribution in [3.8, 4) is 0 Å². The Hall–Kier alpha value is -1.87. The monoisotopic (exact) mass is 298 g/mol. The van der Waals surface area contributed by atoms with E-state index in [1.165, 1.54) is 21.2 Å². The van der Waals surface area contributed by atoms with Crippen LogP contribution in [0.5, 0.6) is 0 Å². The maximum absolute atomic E-state index is 11.9. The van der Waals surface area contributed by atoms with Crippen molar-refractivity contribution in [1.29, 1.82) is 0 Å². The molecule has 22 heavy (non-hydrogen) atoms. The second-order valence-corrected chi connectivity index (χ2v) is 6.15. The molecule has 0 aliphatic carbocycles. The summed E-state index contributed by atoms with van der Waals surface area (Å²) in [6, 6.07) is 15.1. The molecule has 2 aromatic carbocycles. The standard InChI is InChI=1S/C19H23NO2/c1-2-22-19(21)18-8-5-11-20(14-18)13-15-9-10-16-6-3-4-7-17(16)12-15/h3-4,6-7,9-10,12,18H,2,5,8,11,13-14H2,1H3/p+1/t18-/m1/s1. The molecule has 116 valence electrons. The van der Waals surface area contributed by atoms with E-state index in [0.717, 1.165) is 32.5 Å². The number of esters is 1. The molecule has 2 aromatic rings. The third-order valence-electron chi connectivity index (χ3n) is 4.51. The normalized spacial score (nSPS) is 21.7. The zero-order valence-corrected chi connectivity index (χ0v) is 13.2. The van der Waals surface area contributed by atoms with Gasteiger partial charge in [0.15, 0.2) is 0 Å². The van der Waals surface area contributed by atoms with E-state index in [0.29, 0.717) is 6.61 Å². The van der Waals surface area contributed by atoms with Gasteiger partial charge in [0, 0.05) is 5.56 Å². The Kier molecular flexibility index (Phi) is 4.74. The summed E-state index contributed by atoms with van der Waals surface area (Å²) in [5.41, 5.74) is 1.35. The van der Waals surface area contributed by atoms with Crippen LogP contribution in [0.3, 0.4) is 0 Å². The molecule has 0 spiro atoms. The van der Waals surface area contributed by atoms with Gasteiger partial charge in [-0.3, -0.25) is 4.79 Å². The van der Waals surface area contributed by atoms with Crippen LogP contribution < -0.4 is 4.90 Å². The van der Waals surface area contributed by atoms with E-state index in [1.807, 2.05) is 6.92 Å². The number of carbonyl (C=O) groups is 1. The van der Waals surface area contributed by atoms with Crippen LogP contribution >= 0.6 is 0 Å². The van der Waals surface area contributed by atoms with Gasteiger partial charge in [-0.2, -0.15) is 0 Å². The highest BCUT2D eigenvalue weighted by Crippen LogP contribution is 2.16. The van der Waals surface area contributed by atoms with Gasteiger partial charge in [0.05, 0.1) is 19.7 Å². The predicted molar refractivity (Wildman–Crippen MR) is 87.7 cm³/mol. The first-order chi connectivity index (χ1) is 10.8. The fourth-order valence-corrected chi connectivity index (χ4v) is 3.41. The van der Waals surface area contributed by atoms with E-state index in [9.17, 15) is 4.79 Å². The van der Waals surface area contributed by atoms with Gasteiger partial charge in [0.2, 0.25) is 0 Å². The van der Waals surface area contributed by atoms with Gasteiger partial charge >= 0.3 is 5.97 Å². The summed E-state index contributed by atoms with van der Waals surface area (Å²) in [7, 11) is 0. The second-order valence-electron chi connectivity index (χ2n) is 6.15. The van der Waals surface area contributed by atoms with Crippen molar-refractivity contribution in [1.82, 2.24) is 0 Å². The first-order valence-electron chi connectivity index (χ1n) is 8.24. The van der Waals surface area contributed by atoms with Gasteiger partial charge in [0.1, 0.15) is 12.5 Å². The number of ether oxygens (including phenoxy) is 1. The minimum atomic E-state index is -0.0155. The van der Waals surface area contributed by atoms with Gasteiger partial charge < -0.3 is 9.64 Å². The first-order valence-corrected chi connectivity index (χ1v) is 8.24. The molecule has 1 heterocycles. The van der Waals surface area contributed by atoms with E-state index >= 15 is 0 Å². The number of hydrogen-bond donors (Lipinski definition) is 1. The smallest absolute Gasteiger partial charge is 0.314 e. The van der Waals surface area contributed by atoms with Crippen molar-refractivity contribution >= 4 is 16.7 Å². The molecule has 0 saturated carbocycles. The van der Waals surface area contributed by atoms with Crippen molar-refractivity contribution < 1.29 is 14.4 Å². The fraction of sp³-hybridized carbons (Fsp3) is 0.421. The highest BCUT2D eigenvalue weighted by atomic mass is 16.5. The molecule has 1 aliphatic heterocycles. The molecular weight excluding hydrogens is 274 g/mol. The molecule has 1 unspecified atom stereocenters. The van der Waals surface area contributed by atoms with Crippen molar-refractivity contribution in [2.24, 2.45) is 5.92 Å². The van der Waals surface area contributed by atoms with Crippen molar-refractivity contribution in [2.75, 3.05) is 19.7 Å². The van der Waals surface area contributed by atoms with Gasteiger partial charge in [-0.15, -0.1) is 0 Å². The number of quaternary nitrogens is 1. The fourth-order valence-electron chi connectivity index (χ4n) is 3.41. The SMILES string of the molecule is CCOC(=O)[C@@H]1CCC[NH+](Cc2ccc3ccccc3c2)C1. The molecule has 2 atom stereocenters. The van der Waals surface area contributed by atoms with Crippen LogP contribution in [0.15, 0.2) is 42.5 Å². The lowest BCUT2D eigenvalue weighted by Gasteiger charge is -2.28. The minimum Gasteiger partial charge on any atom is -0.466 e. The summed E-state index contributed by atoms with van der Waals surface area (Å²) in [5.74, 6) is 0.0577. The Morgan fingerprint density at radius 2 is 2.05 bits per heavy atom. The van der Waals surface area contributed by atoms with Gasteiger partial charge in [-0.1, -0.05) is 36.4 Å². The third-order valence-corrected chi connectivity index (χ3v) is 4.51. The number of benzene rings is 2. The van der Waals surface area contributed by atoms with Gasteiger partial charge in [-0.05, 0) is 36.6 Å². The molecular formula is C19H24NO2+. The Morgan fingerprint density at radius 3 is 2.86 bits per heavy atom. The summed E-state index contributed by atoms with van der Waals surface area (Å²) < 4.78 is 5.19. The van der Waals surface area contributed by atoms with Gasteiger partial charge in [-0.25, -0.2) is 0 Å². The Bertz CT molecular complexity index is 653. The number of hydrogen-bond acceptors (Lipinski definition) is 2. The van der Waals surface area contributed by atoms with Crippen molar-refractivity contribution in [3.63, 3.8) is 0 Å². The van der Waals surface area contributed by atoms with E-state index in [-0.39, 0.29) is 11.9 Å². The van der Waals surface area contributed by atoms with E-state index < -0.39 is 0 Å². The van der Waals surface area contributed by atoms with E-state index in [1.54, 1.807) is 0 Å². The van der Waals surface area contributed by atoms with Crippen LogP contribution in [0.25, 0.3) is 10.8 Å². The highest BCUT2D eigenvalue weighted by molar-refractivity contribution is 5.82. The Morgan fingerprint density at radius 1 is 1.23 bits per heavy atom. The average molecular weight is 298 g/mol. The highest BCUT2D eigenvalue weighted by Gasteiger charge is 2.29. The lowest BCUT2D eigenvalue weighted by molar-refractivity contribution is -0.921. The largest absolute Gasteiger partial charge is 0.466 e. The first kappa shape index (κ1) is 15.0. The molecule has 3 nitrogen and oxygen atoms in total. The lowest BCUT2D eigenvalue weighted by atomic mass is 9.97. The van der Waals surface area contributed by atoms with E-state index in [2.05, 4.69) is 42.5 Å². The lowest BCUT2D eigenvalue weighted by Crippen LogP contribution is -3.12. The second kappa shape index (κ2) is 6.93. The maximum atomic E-state index is 11.9. The predicted octanol–water partition coefficient (Wildman–Crippen LogP) is 2.20. The summed E-state index contributed by atoms with van der Waals surface area (Å²) in [4.78, 5) is 13.4. The van der Waals surface area contributed by atoms with Crippen LogP contribution in [-0.4, -0.2) is 25.7 Å². The molecule has 0 amide bonds. The number of rotatable bonds is 4. The zero-order chi connectivity index (χ0) is 15.4. The molecule has 0 aromatic heterocycles. The Balaban J connectivity index is 1.67. The van der Waals surface area contributed by atoms with Crippen molar-refractivity contribution in [3.05, 3.63) is 48.0 Å². The molecule has 1 N–H and O–H groups in total. The zero-order valence-electron chi connectivity index (χ0n) is 13.2. The summed E-state index contributed by atoms with van der Waals surface area (Å²) in [6.45, 7) is 5.38. The third kappa shape index (κ3) is 3.47. The molecule has 1 saturated heterocycles. The number of piperidine rings is 1. The van der Waals surface area contributed by atoms with Crippen LogP contribution in [0.2, 0.25) is 0 Å². The topological polar surface area (TPSA) is 30.7 Å². The molecule has 0 radical (unpaired) electrons. The number of nitrogens with one attached hydrogen (secondary N) is 1. The summed E-state index contributed by atoms with van der Waals surface area (Å²) >= 11 is 0. The van der Waals surface area contributed by atoms with Crippen LogP contribution in [0.4, 0.5) is 0 Å². The van der Waals surface area contributed by atoms with Crippen LogP contribution in [-0.2, 0) is 16.1 Å². The molecule has 3 heteroatoms. The van der Waals surface area contributed by atoms with E-state index in [4.69, 9.17) is 4.74 Å². The molecule has 0 bridgehead atoms. The number of fused-ring (bicyclic) bond motifs is 1. The minimum absolute atomic E-state index is 0.0155. The molecule has 1 fully saturated rings. The molecule has 1 aliphatic rings. The molecule has 3 rings (SSSR count). The number of carbonyl (C=O) groups excluding carboxylic acids is 1. The summed E-state index contributed by atoms with van der Waals surface area (Å²) in [6.07, 6.45) is 2.08. The van der Waals surface area contributed by atoms with Crippen LogP contribution in [0, 0.1) is 5.92 Å². The van der Waals surface area contributed by atoms with Gasteiger partial charge in [0.25, 0.3) is 0 Å². The Labute approximate surface area is 131 Å². The average Bonchev–Trinajstić information content (AvgIpc) is 2.55.